The summed E-state index contributed by atoms with van der Waals surface area (Å²) in [6, 6.07) is 0.000148. The lowest BCUT2D eigenvalue weighted by molar-refractivity contribution is -0.118. The van der Waals surface area contributed by atoms with Crippen LogP contribution in [0.1, 0.15) is 46.5 Å². The lowest BCUT2D eigenvalue weighted by atomic mass is 10.1. The molecule has 7 heteroatoms. The minimum atomic E-state index is -3.97. The van der Waals surface area contributed by atoms with Crippen molar-refractivity contribution in [2.24, 2.45) is 5.92 Å². The number of nitrogens with zero attached hydrogens (tertiary/aromatic N) is 1. The van der Waals surface area contributed by atoms with Crippen LogP contribution < -0.4 is 0 Å². The van der Waals surface area contributed by atoms with Crippen molar-refractivity contribution < 1.29 is 23.3 Å². The number of rotatable bonds is 10. The van der Waals surface area contributed by atoms with Crippen LogP contribution in [0.3, 0.4) is 0 Å². The average molecular weight is 337 g/mol. The van der Waals surface area contributed by atoms with Crippen molar-refractivity contribution in [2.75, 3.05) is 19.8 Å². The van der Waals surface area contributed by atoms with E-state index in [4.69, 9.17) is 9.05 Å². The Morgan fingerprint density at radius 3 is 2.77 bits per heavy atom. The van der Waals surface area contributed by atoms with Crippen molar-refractivity contribution in [3.8, 4) is 0 Å². The van der Waals surface area contributed by atoms with Crippen molar-refractivity contribution >= 4 is 13.6 Å². The van der Waals surface area contributed by atoms with Gasteiger partial charge in [0.15, 0.2) is 0 Å². The summed E-state index contributed by atoms with van der Waals surface area (Å²) >= 11 is 0. The minimum absolute atomic E-state index is 0.000148. The molecular formula is C15H28NO5P. The van der Waals surface area contributed by atoms with Gasteiger partial charge in [-0.25, -0.2) is 4.57 Å². The van der Waals surface area contributed by atoms with Gasteiger partial charge in [-0.2, -0.15) is 0 Å². The summed E-state index contributed by atoms with van der Waals surface area (Å²) in [6.07, 6.45) is 2.52. The molecular weight excluding hydrogens is 309 g/mol. The second-order valence-electron chi connectivity index (χ2n) is 5.79. The molecule has 0 saturated carbocycles. The number of hydrogen-bond acceptors (Lipinski definition) is 5. The molecule has 1 heterocycles. The maximum Gasteiger partial charge on any atom is 0.472 e. The van der Waals surface area contributed by atoms with Gasteiger partial charge in [0.2, 0.25) is 0 Å². The van der Waals surface area contributed by atoms with Crippen LogP contribution in [-0.2, 0) is 18.4 Å². The Morgan fingerprint density at radius 1 is 1.50 bits per heavy atom. The summed E-state index contributed by atoms with van der Waals surface area (Å²) in [4.78, 5) is 23.0. The van der Waals surface area contributed by atoms with Crippen LogP contribution in [0.15, 0.2) is 12.3 Å². The second-order valence-corrected chi connectivity index (χ2v) is 7.24. The molecule has 1 aliphatic heterocycles. The van der Waals surface area contributed by atoms with Crippen molar-refractivity contribution in [2.45, 2.75) is 52.5 Å². The molecule has 0 radical (unpaired) electrons. The van der Waals surface area contributed by atoms with E-state index in [-0.39, 0.29) is 25.0 Å². The third kappa shape index (κ3) is 6.21. The fourth-order valence-electron chi connectivity index (χ4n) is 2.68. The smallest absolute Gasteiger partial charge is 0.370 e. The molecule has 22 heavy (non-hydrogen) atoms. The lowest BCUT2D eigenvalue weighted by Crippen LogP contribution is -2.32. The highest BCUT2D eigenvalue weighted by Gasteiger charge is 2.33. The van der Waals surface area contributed by atoms with E-state index >= 15 is 0 Å². The summed E-state index contributed by atoms with van der Waals surface area (Å²) in [6.45, 7) is 10.8. The zero-order valence-electron chi connectivity index (χ0n) is 13.8. The van der Waals surface area contributed by atoms with E-state index in [1.54, 1.807) is 6.92 Å². The number of likely N-dealkylation sites (tertiary alicyclic amines) is 1. The summed E-state index contributed by atoms with van der Waals surface area (Å²) in [5, 5.41) is 0. The highest BCUT2D eigenvalue weighted by Crippen LogP contribution is 2.44. The number of Topliss-reactive ketones (excluding diaryl/α,β-unsaturated/α-hetero) is 1. The first-order valence-electron chi connectivity index (χ1n) is 7.87. The van der Waals surface area contributed by atoms with Gasteiger partial charge in [0, 0.05) is 25.1 Å². The number of allylic oxidation sites excluding steroid dienone is 1. The largest absolute Gasteiger partial charge is 0.472 e. The normalized spacial score (nSPS) is 24.3. The number of hydrogen-bond donors (Lipinski definition) is 1. The zero-order valence-corrected chi connectivity index (χ0v) is 14.7. The lowest BCUT2D eigenvalue weighted by Gasteiger charge is -2.28. The first-order chi connectivity index (χ1) is 10.3. The fourth-order valence-corrected chi connectivity index (χ4v) is 3.44. The predicted molar refractivity (Wildman–Crippen MR) is 85.4 cm³/mol. The molecule has 128 valence electrons. The monoisotopic (exact) mass is 337 g/mol. The third-order valence-electron chi connectivity index (χ3n) is 3.84. The molecule has 1 rings (SSSR count). The number of carbonyl (C=O) groups is 1. The van der Waals surface area contributed by atoms with Crippen molar-refractivity contribution in [1.82, 2.24) is 4.90 Å². The van der Waals surface area contributed by atoms with Gasteiger partial charge < -0.3 is 9.79 Å². The van der Waals surface area contributed by atoms with Crippen LogP contribution in [-0.4, -0.2) is 41.4 Å². The van der Waals surface area contributed by atoms with Crippen LogP contribution in [0.4, 0.5) is 0 Å². The number of ketones is 1. The molecule has 0 aliphatic carbocycles. The average Bonchev–Trinajstić information content (AvgIpc) is 2.83. The Morgan fingerprint density at radius 2 is 2.18 bits per heavy atom. The Kier molecular flexibility index (Phi) is 7.77. The predicted octanol–water partition coefficient (Wildman–Crippen LogP) is 3.12. The molecule has 1 aliphatic rings. The van der Waals surface area contributed by atoms with E-state index in [0.29, 0.717) is 25.2 Å². The van der Waals surface area contributed by atoms with Gasteiger partial charge in [-0.05, 0) is 25.7 Å². The van der Waals surface area contributed by atoms with Crippen molar-refractivity contribution in [1.29, 1.82) is 0 Å². The molecule has 1 fully saturated rings. The summed E-state index contributed by atoms with van der Waals surface area (Å²) in [5.74, 6) is 0.676. The second kappa shape index (κ2) is 8.82. The van der Waals surface area contributed by atoms with Gasteiger partial charge in [0.05, 0.1) is 19.3 Å². The summed E-state index contributed by atoms with van der Waals surface area (Å²) in [7, 11) is -3.97. The van der Waals surface area contributed by atoms with Crippen LogP contribution in [0.2, 0.25) is 0 Å². The molecule has 0 spiro atoms. The van der Waals surface area contributed by atoms with Gasteiger partial charge in [-0.3, -0.25) is 13.8 Å². The molecule has 1 N–H and O–H groups in total. The maximum absolute atomic E-state index is 11.6. The highest BCUT2D eigenvalue weighted by atomic mass is 31.2. The van der Waals surface area contributed by atoms with Gasteiger partial charge in [-0.1, -0.05) is 20.4 Å². The van der Waals surface area contributed by atoms with E-state index in [9.17, 15) is 14.3 Å². The van der Waals surface area contributed by atoms with Crippen molar-refractivity contribution in [3.63, 3.8) is 0 Å². The Hall–Kier alpha value is -0.680. The molecule has 0 amide bonds. The van der Waals surface area contributed by atoms with Crippen LogP contribution in [0.5, 0.6) is 0 Å². The molecule has 1 saturated heterocycles. The van der Waals surface area contributed by atoms with Gasteiger partial charge >= 0.3 is 7.82 Å². The number of carbonyl (C=O) groups excluding carboxylic acids is 1. The van der Waals surface area contributed by atoms with Crippen LogP contribution in [0.25, 0.3) is 0 Å². The van der Waals surface area contributed by atoms with E-state index in [1.807, 2.05) is 6.92 Å². The summed E-state index contributed by atoms with van der Waals surface area (Å²) < 4.78 is 21.4. The first kappa shape index (κ1) is 19.4. The molecule has 6 nitrogen and oxygen atoms in total. The Bertz CT molecular complexity index is 440. The molecule has 0 bridgehead atoms. The van der Waals surface area contributed by atoms with Crippen LogP contribution >= 0.6 is 7.82 Å². The first-order valence-corrected chi connectivity index (χ1v) is 9.36. The standard InChI is InChI=1S/C15H28NO5P/c1-5-15(17)8-7-13(4)16-10-12(3)9-14(16)11-21-22(18,19)20-6-2/h12,14H,4-11H2,1-3H3,(H,18,19)/t12-,14+/m1/s1/i17+2,21+2. The fraction of sp³-hybridized carbons (Fsp3) is 0.800. The van der Waals surface area contributed by atoms with E-state index in [0.717, 1.165) is 18.7 Å². The number of phosphoric acid groups is 1. The van der Waals surface area contributed by atoms with Crippen molar-refractivity contribution in [3.05, 3.63) is 12.3 Å². The van der Waals surface area contributed by atoms with Gasteiger partial charge in [-0.15, -0.1) is 0 Å². The van der Waals surface area contributed by atoms with E-state index in [2.05, 4.69) is 18.4 Å². The molecule has 0 aromatic rings. The Balaban J connectivity index is 2.55. The van der Waals surface area contributed by atoms with E-state index < -0.39 is 7.82 Å². The molecule has 0 aromatic heterocycles. The SMILES string of the molecule is C=C(CCC(=[18O])CC)N1C[C@H](C)C[C@H]1C[18O]P(=O)(O)OCC. The minimum Gasteiger partial charge on any atom is -0.370 e. The molecule has 0 aromatic carbocycles. The Labute approximate surface area is 133 Å². The zero-order chi connectivity index (χ0) is 16.8. The third-order valence-corrected chi connectivity index (χ3v) is 4.90. The summed E-state index contributed by atoms with van der Waals surface area (Å²) in [5.41, 5.74) is 0.893. The van der Waals surface area contributed by atoms with E-state index in [1.165, 1.54) is 0 Å². The van der Waals surface area contributed by atoms with Gasteiger partial charge in [0.1, 0.15) is 5.78 Å². The van der Waals surface area contributed by atoms with Crippen LogP contribution in [0, 0.1) is 5.92 Å². The quantitative estimate of drug-likeness (QED) is 0.487. The molecule has 3 atom stereocenters. The maximum atomic E-state index is 11.6. The highest BCUT2D eigenvalue weighted by molar-refractivity contribution is 7.47. The molecule has 1 unspecified atom stereocenters. The number of phosphoric ester groups is 1. The topological polar surface area (TPSA) is 76.1 Å². The van der Waals surface area contributed by atoms with Gasteiger partial charge in [0.25, 0.3) is 0 Å².